The second-order valence-corrected chi connectivity index (χ2v) is 16.4. The third-order valence-corrected chi connectivity index (χ3v) is 12.7. The van der Waals surface area contributed by atoms with Gasteiger partial charge in [0.2, 0.25) is 0 Å². The third kappa shape index (κ3) is 5.77. The van der Waals surface area contributed by atoms with Gasteiger partial charge in [-0.25, -0.2) is 0 Å². The number of hydrogen-bond donors (Lipinski definition) is 0. The fraction of sp³-hybridized carbons (Fsp3) is 0. The summed E-state index contributed by atoms with van der Waals surface area (Å²) < 4.78 is 20.1. The summed E-state index contributed by atoms with van der Waals surface area (Å²) in [6, 6.07) is 79.0. The van der Waals surface area contributed by atoms with Crippen LogP contribution in [0.25, 0.3) is 110 Å². The van der Waals surface area contributed by atoms with E-state index >= 15 is 0 Å². The molecule has 0 saturated carbocycles. The molecule has 4 heteroatoms. The lowest BCUT2D eigenvalue weighted by molar-refractivity contribution is 0.668. The summed E-state index contributed by atoms with van der Waals surface area (Å²) in [4.78, 5) is 2.34. The lowest BCUT2D eigenvalue weighted by Gasteiger charge is -2.27. The van der Waals surface area contributed by atoms with Crippen molar-refractivity contribution in [2.45, 2.75) is 0 Å². The maximum absolute atomic E-state index is 6.99. The van der Waals surface area contributed by atoms with Crippen LogP contribution in [0.2, 0.25) is 0 Å². The quantitative estimate of drug-likeness (QED) is 0.161. The minimum atomic E-state index is 0.813. The van der Waals surface area contributed by atoms with E-state index in [1.165, 1.54) is 11.1 Å². The predicted octanol–water partition coefficient (Wildman–Crippen LogP) is 17.5. The zero-order valence-corrected chi connectivity index (χ0v) is 34.5. The molecule has 0 aliphatic heterocycles. The van der Waals surface area contributed by atoms with E-state index in [2.05, 4.69) is 199 Å². The Morgan fingerprint density at radius 2 is 0.781 bits per heavy atom. The number of anilines is 3. The minimum Gasteiger partial charge on any atom is -0.456 e. The van der Waals surface area contributed by atoms with Gasteiger partial charge in [0.15, 0.2) is 5.58 Å². The maximum atomic E-state index is 6.99. The average molecular weight is 820 g/mol. The molecule has 64 heavy (non-hydrogen) atoms. The molecule has 0 atom stereocenters. The lowest BCUT2D eigenvalue weighted by atomic mass is 9.92. The molecule has 10 aromatic carbocycles. The molecule has 0 radical (unpaired) electrons. The van der Waals surface area contributed by atoms with Gasteiger partial charge in [0.25, 0.3) is 0 Å². The van der Waals surface area contributed by atoms with Gasteiger partial charge in [-0.15, -0.1) is 0 Å². The van der Waals surface area contributed by atoms with E-state index in [0.29, 0.717) is 0 Å². The fourth-order valence-corrected chi connectivity index (χ4v) is 9.68. The van der Waals surface area contributed by atoms with Crippen LogP contribution in [-0.2, 0) is 0 Å². The Bertz CT molecular complexity index is 3890. The van der Waals surface area contributed by atoms with Crippen LogP contribution in [0.4, 0.5) is 17.1 Å². The molecule has 300 valence electrons. The van der Waals surface area contributed by atoms with Crippen LogP contribution in [0, 0.1) is 0 Å². The summed E-state index contributed by atoms with van der Waals surface area (Å²) in [6.07, 6.45) is 0. The van der Waals surface area contributed by atoms with E-state index < -0.39 is 0 Å². The highest BCUT2D eigenvalue weighted by Crippen LogP contribution is 2.50. The van der Waals surface area contributed by atoms with Gasteiger partial charge in [-0.2, -0.15) is 0 Å². The number of furan rings is 3. The Morgan fingerprint density at radius 3 is 1.52 bits per heavy atom. The van der Waals surface area contributed by atoms with Crippen LogP contribution in [0.3, 0.4) is 0 Å². The van der Waals surface area contributed by atoms with E-state index in [1.54, 1.807) is 0 Å². The molecule has 13 rings (SSSR count). The summed E-state index contributed by atoms with van der Waals surface area (Å²) in [5.74, 6) is 0. The second kappa shape index (κ2) is 14.5. The number of para-hydroxylation sites is 4. The first-order valence-electron chi connectivity index (χ1n) is 21.7. The second-order valence-electron chi connectivity index (χ2n) is 16.4. The molecule has 0 saturated heterocycles. The van der Waals surface area contributed by atoms with Crippen LogP contribution in [-0.4, -0.2) is 0 Å². The molecule has 0 unspecified atom stereocenters. The number of fused-ring (bicyclic) bond motifs is 9. The molecule has 4 nitrogen and oxygen atoms in total. The topological polar surface area (TPSA) is 42.7 Å². The van der Waals surface area contributed by atoms with E-state index in [0.717, 1.165) is 116 Å². The van der Waals surface area contributed by atoms with Crippen molar-refractivity contribution in [2.75, 3.05) is 4.90 Å². The van der Waals surface area contributed by atoms with Crippen molar-refractivity contribution in [3.05, 3.63) is 224 Å². The molecule has 0 amide bonds. The molecule has 0 aliphatic carbocycles. The maximum Gasteiger partial charge on any atom is 0.159 e. The van der Waals surface area contributed by atoms with E-state index in [4.69, 9.17) is 13.3 Å². The zero-order valence-electron chi connectivity index (χ0n) is 34.5. The van der Waals surface area contributed by atoms with Crippen molar-refractivity contribution in [2.24, 2.45) is 0 Å². The number of nitrogens with zero attached hydrogens (tertiary/aromatic N) is 1. The summed E-state index contributed by atoms with van der Waals surface area (Å²) in [5.41, 5.74) is 16.9. The van der Waals surface area contributed by atoms with Crippen LogP contribution in [0.5, 0.6) is 0 Å². The van der Waals surface area contributed by atoms with Crippen LogP contribution >= 0.6 is 0 Å². The molecule has 0 bridgehead atoms. The summed E-state index contributed by atoms with van der Waals surface area (Å²) in [6.45, 7) is 0. The van der Waals surface area contributed by atoms with Crippen LogP contribution in [0.1, 0.15) is 0 Å². The van der Waals surface area contributed by atoms with E-state index in [1.807, 2.05) is 30.3 Å². The highest BCUT2D eigenvalue weighted by Gasteiger charge is 2.26. The molecular weight excluding hydrogens is 783 g/mol. The van der Waals surface area contributed by atoms with Gasteiger partial charge in [-0.05, 0) is 99.6 Å². The molecule has 0 spiro atoms. The first-order chi connectivity index (χ1) is 31.7. The Morgan fingerprint density at radius 1 is 0.266 bits per heavy atom. The molecule has 0 aliphatic rings. The standard InChI is InChI=1S/C60H37NO3/c1-2-13-38(14-3-1)39-25-27-40(28-26-39)41-29-32-43(33-30-41)61(53-21-12-20-49-47-18-7-10-23-55(47)63-59(49)53)52-36-35-50(60-58(52)51-19-8-11-24-56(51)64-60)45-16-5-4-15-44(45)42-31-34-48-46-17-6-9-22-54(46)62-57(48)37-42/h1-37H. The van der Waals surface area contributed by atoms with Crippen molar-refractivity contribution >= 4 is 82.9 Å². The Kier molecular flexibility index (Phi) is 8.18. The normalized spacial score (nSPS) is 11.8. The van der Waals surface area contributed by atoms with Gasteiger partial charge < -0.3 is 18.2 Å². The average Bonchev–Trinajstić information content (AvgIpc) is 4.07. The summed E-state index contributed by atoms with van der Waals surface area (Å²) in [5, 5.41) is 6.42. The summed E-state index contributed by atoms with van der Waals surface area (Å²) >= 11 is 0. The molecular formula is C60H37NO3. The van der Waals surface area contributed by atoms with Gasteiger partial charge in [0.05, 0.1) is 16.8 Å². The Hall–Kier alpha value is -8.60. The van der Waals surface area contributed by atoms with Gasteiger partial charge in [-0.1, -0.05) is 164 Å². The van der Waals surface area contributed by atoms with Gasteiger partial charge >= 0.3 is 0 Å². The molecule has 13 aromatic rings. The van der Waals surface area contributed by atoms with Crippen LogP contribution in [0.15, 0.2) is 238 Å². The van der Waals surface area contributed by atoms with Crippen molar-refractivity contribution in [3.63, 3.8) is 0 Å². The zero-order chi connectivity index (χ0) is 42.1. The van der Waals surface area contributed by atoms with E-state index in [-0.39, 0.29) is 0 Å². The summed E-state index contributed by atoms with van der Waals surface area (Å²) in [7, 11) is 0. The monoisotopic (exact) mass is 819 g/mol. The number of rotatable bonds is 7. The first-order valence-corrected chi connectivity index (χ1v) is 21.7. The first kappa shape index (κ1) is 36.1. The molecule has 3 aromatic heterocycles. The van der Waals surface area contributed by atoms with Gasteiger partial charge in [0, 0.05) is 38.2 Å². The third-order valence-electron chi connectivity index (χ3n) is 12.7. The van der Waals surface area contributed by atoms with Crippen molar-refractivity contribution in [3.8, 4) is 44.5 Å². The lowest BCUT2D eigenvalue weighted by Crippen LogP contribution is -2.11. The van der Waals surface area contributed by atoms with Crippen molar-refractivity contribution < 1.29 is 13.3 Å². The molecule has 0 fully saturated rings. The van der Waals surface area contributed by atoms with Crippen molar-refractivity contribution in [1.82, 2.24) is 0 Å². The highest BCUT2D eigenvalue weighted by atomic mass is 16.3. The Labute approximate surface area is 368 Å². The van der Waals surface area contributed by atoms with Gasteiger partial charge in [0.1, 0.15) is 27.9 Å². The predicted molar refractivity (Wildman–Crippen MR) is 265 cm³/mol. The largest absolute Gasteiger partial charge is 0.456 e. The Balaban J connectivity index is 1.00. The number of benzene rings is 10. The highest BCUT2D eigenvalue weighted by molar-refractivity contribution is 6.19. The number of hydrogen-bond acceptors (Lipinski definition) is 4. The minimum absolute atomic E-state index is 0.813. The fourth-order valence-electron chi connectivity index (χ4n) is 9.68. The van der Waals surface area contributed by atoms with Crippen molar-refractivity contribution in [1.29, 1.82) is 0 Å². The molecule has 0 N–H and O–H groups in total. The molecule has 3 heterocycles. The van der Waals surface area contributed by atoms with Gasteiger partial charge in [-0.3, -0.25) is 0 Å². The van der Waals surface area contributed by atoms with Crippen LogP contribution < -0.4 is 4.90 Å². The SMILES string of the molecule is c1ccc(-c2ccc(-c3ccc(N(c4cccc5c4oc4ccccc45)c4ccc(-c5ccccc5-c5ccc6c(c5)oc5ccccc56)c5oc6ccccc6c45)cc3)cc2)cc1. The smallest absolute Gasteiger partial charge is 0.159 e. The van der Waals surface area contributed by atoms with E-state index in [9.17, 15) is 0 Å².